The highest BCUT2D eigenvalue weighted by molar-refractivity contribution is 5.97. The first-order valence-corrected chi connectivity index (χ1v) is 5.86. The van der Waals surface area contributed by atoms with Crippen molar-refractivity contribution in [3.8, 4) is 0 Å². The van der Waals surface area contributed by atoms with Gasteiger partial charge in [0.25, 0.3) is 0 Å². The largest absolute Gasteiger partial charge is 0.369 e. The molecular formula is C10H24N10. The zero-order valence-electron chi connectivity index (χ0n) is 12.4. The molecule has 0 amide bonds. The van der Waals surface area contributed by atoms with Crippen LogP contribution in [-0.2, 0) is 0 Å². The fourth-order valence-electron chi connectivity index (χ4n) is 1.08. The Morgan fingerprint density at radius 1 is 0.700 bits per heavy atom. The minimum Gasteiger partial charge on any atom is -0.369 e. The van der Waals surface area contributed by atoms with Crippen LogP contribution in [0, 0.1) is 0 Å². The molecular weight excluding hydrogens is 260 g/mol. The molecule has 10 heteroatoms. The summed E-state index contributed by atoms with van der Waals surface area (Å²) in [4.78, 5) is 18.8. The topological polar surface area (TPSA) is 160 Å². The van der Waals surface area contributed by atoms with E-state index < -0.39 is 0 Å². The SMILES string of the molecule is CN=C(N)N(C)C(N)=NCCN=C(N)N(C)C(N)=NC. The predicted molar refractivity (Wildman–Crippen MR) is 83.6 cm³/mol. The summed E-state index contributed by atoms with van der Waals surface area (Å²) in [6, 6.07) is 0. The van der Waals surface area contributed by atoms with Gasteiger partial charge in [-0.2, -0.15) is 0 Å². The van der Waals surface area contributed by atoms with Crippen molar-refractivity contribution in [2.24, 2.45) is 42.9 Å². The summed E-state index contributed by atoms with van der Waals surface area (Å²) in [5, 5.41) is 0. The van der Waals surface area contributed by atoms with Crippen molar-refractivity contribution in [1.82, 2.24) is 9.80 Å². The van der Waals surface area contributed by atoms with Gasteiger partial charge >= 0.3 is 0 Å². The number of rotatable bonds is 3. The molecule has 114 valence electrons. The summed E-state index contributed by atoms with van der Waals surface area (Å²) < 4.78 is 0. The van der Waals surface area contributed by atoms with E-state index in [9.17, 15) is 0 Å². The molecule has 0 heterocycles. The molecule has 0 rings (SSSR count). The third-order valence-corrected chi connectivity index (χ3v) is 2.48. The van der Waals surface area contributed by atoms with E-state index in [-0.39, 0.29) is 23.8 Å². The van der Waals surface area contributed by atoms with Gasteiger partial charge in [0.15, 0.2) is 23.8 Å². The number of nitrogens with two attached hydrogens (primary N) is 4. The van der Waals surface area contributed by atoms with E-state index in [0.29, 0.717) is 13.1 Å². The van der Waals surface area contributed by atoms with Crippen LogP contribution < -0.4 is 22.9 Å². The highest BCUT2D eigenvalue weighted by Gasteiger charge is 2.05. The number of nitrogens with zero attached hydrogens (tertiary/aromatic N) is 6. The van der Waals surface area contributed by atoms with Gasteiger partial charge < -0.3 is 22.9 Å². The zero-order chi connectivity index (χ0) is 15.7. The lowest BCUT2D eigenvalue weighted by Gasteiger charge is -2.17. The maximum atomic E-state index is 5.73. The monoisotopic (exact) mass is 284 g/mol. The summed E-state index contributed by atoms with van der Waals surface area (Å²) >= 11 is 0. The van der Waals surface area contributed by atoms with Gasteiger partial charge in [-0.05, 0) is 0 Å². The van der Waals surface area contributed by atoms with E-state index in [2.05, 4.69) is 20.0 Å². The predicted octanol–water partition coefficient (Wildman–Crippen LogP) is -2.63. The molecule has 0 fully saturated rings. The molecule has 0 saturated carbocycles. The Balaban J connectivity index is 4.44. The van der Waals surface area contributed by atoms with Crippen molar-refractivity contribution < 1.29 is 0 Å². The van der Waals surface area contributed by atoms with E-state index >= 15 is 0 Å². The first kappa shape index (κ1) is 17.5. The Labute approximate surface area is 118 Å². The van der Waals surface area contributed by atoms with E-state index in [0.717, 1.165) is 0 Å². The van der Waals surface area contributed by atoms with Crippen LogP contribution in [0.2, 0.25) is 0 Å². The fourth-order valence-corrected chi connectivity index (χ4v) is 1.08. The summed E-state index contributed by atoms with van der Waals surface area (Å²) in [5.74, 6) is 1.07. The van der Waals surface area contributed by atoms with Gasteiger partial charge in [0.05, 0.1) is 13.1 Å². The summed E-state index contributed by atoms with van der Waals surface area (Å²) in [6.07, 6.45) is 0. The molecule has 0 bridgehead atoms. The Morgan fingerprint density at radius 2 is 1.00 bits per heavy atom. The van der Waals surface area contributed by atoms with Gasteiger partial charge in [-0.3, -0.25) is 29.8 Å². The third kappa shape index (κ3) is 5.42. The van der Waals surface area contributed by atoms with Crippen LogP contribution in [0.1, 0.15) is 0 Å². The summed E-state index contributed by atoms with van der Waals surface area (Å²) in [6.45, 7) is 0.732. The molecule has 8 N–H and O–H groups in total. The maximum absolute atomic E-state index is 5.73. The molecule has 0 saturated heterocycles. The second-order valence-corrected chi connectivity index (χ2v) is 3.76. The number of hydrogen-bond donors (Lipinski definition) is 4. The van der Waals surface area contributed by atoms with Crippen molar-refractivity contribution in [3.05, 3.63) is 0 Å². The first-order valence-electron chi connectivity index (χ1n) is 5.86. The van der Waals surface area contributed by atoms with Crippen LogP contribution in [0.5, 0.6) is 0 Å². The highest BCUT2D eigenvalue weighted by Crippen LogP contribution is 1.86. The normalized spacial score (nSPS) is 14.4. The Bertz CT molecular complexity index is 382. The van der Waals surface area contributed by atoms with E-state index in [1.165, 1.54) is 9.80 Å². The van der Waals surface area contributed by atoms with Crippen molar-refractivity contribution in [1.29, 1.82) is 0 Å². The molecule has 0 spiro atoms. The van der Waals surface area contributed by atoms with Crippen LogP contribution in [0.25, 0.3) is 0 Å². The Morgan fingerprint density at radius 3 is 1.25 bits per heavy atom. The lowest BCUT2D eigenvalue weighted by atomic mass is 10.6. The molecule has 0 aromatic heterocycles. The minimum atomic E-state index is 0.255. The molecule has 20 heavy (non-hydrogen) atoms. The number of aliphatic imine (C=N–C) groups is 4. The Kier molecular flexibility index (Phi) is 7.48. The van der Waals surface area contributed by atoms with Gasteiger partial charge in [0.1, 0.15) is 0 Å². The molecule has 0 aliphatic rings. The molecule has 0 unspecified atom stereocenters. The third-order valence-electron chi connectivity index (χ3n) is 2.48. The van der Waals surface area contributed by atoms with Crippen LogP contribution in [0.3, 0.4) is 0 Å². The van der Waals surface area contributed by atoms with Crippen molar-refractivity contribution >= 4 is 23.8 Å². The lowest BCUT2D eigenvalue weighted by Crippen LogP contribution is -2.43. The van der Waals surface area contributed by atoms with Gasteiger partial charge in [0, 0.05) is 28.2 Å². The van der Waals surface area contributed by atoms with Crippen molar-refractivity contribution in [2.45, 2.75) is 0 Å². The van der Waals surface area contributed by atoms with Crippen LogP contribution >= 0.6 is 0 Å². The zero-order valence-corrected chi connectivity index (χ0v) is 12.4. The molecule has 0 atom stereocenters. The van der Waals surface area contributed by atoms with E-state index in [1.807, 2.05) is 0 Å². The number of hydrogen-bond acceptors (Lipinski definition) is 4. The molecule has 0 aromatic rings. The summed E-state index contributed by atoms with van der Waals surface area (Å²) in [7, 11) is 6.48. The molecule has 0 aromatic carbocycles. The highest BCUT2D eigenvalue weighted by atomic mass is 15.3. The van der Waals surface area contributed by atoms with E-state index in [1.54, 1.807) is 28.2 Å². The van der Waals surface area contributed by atoms with Gasteiger partial charge in [-0.15, -0.1) is 0 Å². The van der Waals surface area contributed by atoms with Crippen LogP contribution in [-0.4, -0.2) is 74.9 Å². The van der Waals surface area contributed by atoms with Gasteiger partial charge in [-0.1, -0.05) is 0 Å². The second kappa shape index (κ2) is 8.56. The Hall–Kier alpha value is -2.52. The maximum Gasteiger partial charge on any atom is 0.197 e. The van der Waals surface area contributed by atoms with E-state index in [4.69, 9.17) is 22.9 Å². The molecule has 0 aliphatic heterocycles. The first-order chi connectivity index (χ1) is 9.34. The smallest absolute Gasteiger partial charge is 0.197 e. The quantitative estimate of drug-likeness (QED) is 0.252. The van der Waals surface area contributed by atoms with Gasteiger partial charge in [-0.25, -0.2) is 0 Å². The molecule has 0 aliphatic carbocycles. The van der Waals surface area contributed by atoms with Crippen LogP contribution in [0.15, 0.2) is 20.0 Å². The second-order valence-electron chi connectivity index (χ2n) is 3.76. The average molecular weight is 284 g/mol. The average Bonchev–Trinajstić information content (AvgIpc) is 2.47. The standard InChI is InChI=1S/C10H24N10/c1-15-7(11)19(3)9(13)17-5-6-18-10(14)20(4)8(12)16-2/h5-6H2,1-4H3,(H2,11,15)(H2,12,16)(H2,13,17)(H2,14,18). The van der Waals surface area contributed by atoms with Crippen molar-refractivity contribution in [3.63, 3.8) is 0 Å². The summed E-state index contributed by atoms with van der Waals surface area (Å²) in [5.41, 5.74) is 22.6. The van der Waals surface area contributed by atoms with Gasteiger partial charge in [0.2, 0.25) is 0 Å². The molecule has 0 radical (unpaired) electrons. The lowest BCUT2D eigenvalue weighted by molar-refractivity contribution is 0.709. The molecule has 10 nitrogen and oxygen atoms in total. The fraction of sp³-hybridized carbons (Fsp3) is 0.600. The van der Waals surface area contributed by atoms with Crippen LogP contribution in [0.4, 0.5) is 0 Å². The number of guanidine groups is 4. The van der Waals surface area contributed by atoms with Crippen molar-refractivity contribution in [2.75, 3.05) is 41.3 Å². The minimum absolute atomic E-state index is 0.255.